The van der Waals surface area contributed by atoms with Crippen LogP contribution in [0.5, 0.6) is 17.4 Å². The van der Waals surface area contributed by atoms with Crippen LogP contribution in [0.15, 0.2) is 97.2 Å². The standard InChI is InChI=1S/C32H25BN4O2.Pt/c1-32(2,3)21-17-18-34-29(19-21)37-27-13-6-4-11-24(27)25-15-16-30(35-31(25)37)38-23-10-8-9-22(20-23)33-36-26-12-5-7-14-28(26)39-33;/h4-19H,1-3H3;/q-2;+2. The third-order valence-electron chi connectivity index (χ3n) is 6.97. The van der Waals surface area contributed by atoms with Gasteiger partial charge in [-0.25, -0.2) is 4.98 Å². The summed E-state index contributed by atoms with van der Waals surface area (Å²) in [5.41, 5.74) is 4.67. The quantitative estimate of drug-likeness (QED) is 0.143. The predicted octanol–water partition coefficient (Wildman–Crippen LogP) is 7.25. The predicted molar refractivity (Wildman–Crippen MR) is 156 cm³/mol. The second-order valence-corrected chi connectivity index (χ2v) is 10.7. The van der Waals surface area contributed by atoms with Gasteiger partial charge in [0, 0.05) is 28.8 Å². The summed E-state index contributed by atoms with van der Waals surface area (Å²) in [6.45, 7) is 6.61. The number of rotatable bonds is 4. The van der Waals surface area contributed by atoms with Crippen molar-refractivity contribution in [2.45, 2.75) is 26.2 Å². The molecule has 0 atom stereocenters. The Balaban J connectivity index is 0.00000289. The Bertz CT molecular complexity index is 1840. The summed E-state index contributed by atoms with van der Waals surface area (Å²) in [5.74, 6) is 2.61. The second-order valence-electron chi connectivity index (χ2n) is 10.7. The number of ether oxygens (including phenoxy) is 1. The van der Waals surface area contributed by atoms with Gasteiger partial charge in [0.05, 0.1) is 11.3 Å². The minimum Gasteiger partial charge on any atom is -0.666 e. The molecular weight excluding hydrogens is 678 g/mol. The summed E-state index contributed by atoms with van der Waals surface area (Å²) < 4.78 is 14.3. The Morgan fingerprint density at radius 3 is 2.58 bits per heavy atom. The smallest absolute Gasteiger partial charge is 0.666 e. The van der Waals surface area contributed by atoms with E-state index in [0.29, 0.717) is 11.6 Å². The number of pyridine rings is 2. The molecule has 0 saturated carbocycles. The van der Waals surface area contributed by atoms with E-state index in [0.717, 1.165) is 44.7 Å². The van der Waals surface area contributed by atoms with Gasteiger partial charge < -0.3 is 14.6 Å². The first-order chi connectivity index (χ1) is 18.9. The van der Waals surface area contributed by atoms with Crippen LogP contribution in [-0.2, 0) is 26.5 Å². The molecule has 198 valence electrons. The van der Waals surface area contributed by atoms with E-state index >= 15 is 0 Å². The summed E-state index contributed by atoms with van der Waals surface area (Å²) in [6.07, 6.45) is 1.87. The SMILES string of the molecule is CC(C)(C)c1ccnc(-n2c3ccccc3c3ccc(Oc4[c-]c(B5[N-]c6ccccc6O5)ccc4)nc32)c1.[Pt+2]. The van der Waals surface area contributed by atoms with Crippen molar-refractivity contribution in [3.05, 3.63) is 114 Å². The van der Waals surface area contributed by atoms with E-state index in [1.807, 2.05) is 66.9 Å². The fourth-order valence-electron chi connectivity index (χ4n) is 4.97. The average Bonchev–Trinajstić information content (AvgIpc) is 3.52. The Labute approximate surface area is 247 Å². The first kappa shape index (κ1) is 26.2. The number of hydrogen-bond acceptors (Lipinski definition) is 4. The zero-order valence-corrected chi connectivity index (χ0v) is 24.5. The maximum absolute atomic E-state index is 6.23. The Morgan fingerprint density at radius 2 is 1.73 bits per heavy atom. The van der Waals surface area contributed by atoms with Gasteiger partial charge in [-0.3, -0.25) is 4.57 Å². The molecule has 40 heavy (non-hydrogen) atoms. The topological polar surface area (TPSA) is 63.3 Å². The number of aromatic nitrogens is 3. The van der Waals surface area contributed by atoms with Gasteiger partial charge in [0.1, 0.15) is 5.82 Å². The molecule has 0 spiro atoms. The van der Waals surface area contributed by atoms with Crippen molar-refractivity contribution in [3.8, 4) is 23.2 Å². The van der Waals surface area contributed by atoms with Gasteiger partial charge in [-0.2, -0.15) is 22.6 Å². The van der Waals surface area contributed by atoms with Crippen LogP contribution in [0.1, 0.15) is 26.3 Å². The van der Waals surface area contributed by atoms with E-state index < -0.39 is 7.05 Å². The third kappa shape index (κ3) is 4.65. The Hall–Kier alpha value is -4.09. The van der Waals surface area contributed by atoms with Gasteiger partial charge in [0.2, 0.25) is 5.88 Å². The number of hydrogen-bond donors (Lipinski definition) is 0. The van der Waals surface area contributed by atoms with Crippen molar-refractivity contribution in [3.63, 3.8) is 0 Å². The molecule has 1 aliphatic rings. The van der Waals surface area contributed by atoms with Gasteiger partial charge in [0.15, 0.2) is 5.65 Å². The van der Waals surface area contributed by atoms with Crippen LogP contribution in [-0.4, -0.2) is 21.6 Å². The van der Waals surface area contributed by atoms with Crippen LogP contribution < -0.4 is 14.9 Å². The van der Waals surface area contributed by atoms with E-state index in [1.165, 1.54) is 5.56 Å². The second kappa shape index (κ2) is 10.1. The van der Waals surface area contributed by atoms with Gasteiger partial charge >= 0.3 is 21.1 Å². The molecule has 8 heteroatoms. The molecule has 6 aromatic rings. The summed E-state index contributed by atoms with van der Waals surface area (Å²) in [4.78, 5) is 9.70. The molecule has 6 nitrogen and oxygen atoms in total. The summed E-state index contributed by atoms with van der Waals surface area (Å²) in [6, 6.07) is 33.3. The van der Waals surface area contributed by atoms with Crippen molar-refractivity contribution in [2.75, 3.05) is 0 Å². The molecule has 4 heterocycles. The molecule has 0 unspecified atom stereocenters. The van der Waals surface area contributed by atoms with E-state index in [1.54, 1.807) is 0 Å². The number of para-hydroxylation sites is 2. The molecule has 0 saturated heterocycles. The molecule has 0 fully saturated rings. The van der Waals surface area contributed by atoms with Gasteiger partial charge in [-0.15, -0.1) is 17.8 Å². The average molecular weight is 703 g/mol. The first-order valence-corrected chi connectivity index (χ1v) is 13.0. The molecule has 1 aliphatic heterocycles. The molecular formula is C32H25BN4O2Pt. The van der Waals surface area contributed by atoms with Crippen molar-refractivity contribution in [1.29, 1.82) is 0 Å². The van der Waals surface area contributed by atoms with E-state index in [2.05, 4.69) is 67.0 Å². The van der Waals surface area contributed by atoms with E-state index in [4.69, 9.17) is 19.4 Å². The molecule has 3 aromatic carbocycles. The van der Waals surface area contributed by atoms with E-state index in [-0.39, 0.29) is 26.5 Å². The number of nitrogens with zero attached hydrogens (tertiary/aromatic N) is 4. The minimum absolute atomic E-state index is 0. The van der Waals surface area contributed by atoms with Crippen molar-refractivity contribution in [1.82, 2.24) is 14.5 Å². The van der Waals surface area contributed by atoms with E-state index in [9.17, 15) is 0 Å². The Kier molecular flexibility index (Phi) is 6.63. The molecule has 7 rings (SSSR count). The Morgan fingerprint density at radius 1 is 0.900 bits per heavy atom. The van der Waals surface area contributed by atoms with Crippen molar-refractivity contribution in [2.24, 2.45) is 0 Å². The van der Waals surface area contributed by atoms with Gasteiger partial charge in [-0.05, 0) is 41.3 Å². The third-order valence-corrected chi connectivity index (χ3v) is 6.97. The monoisotopic (exact) mass is 703 g/mol. The van der Waals surface area contributed by atoms with Crippen molar-refractivity contribution < 1.29 is 30.5 Å². The fourth-order valence-corrected chi connectivity index (χ4v) is 4.97. The normalized spacial score (nSPS) is 12.5. The maximum atomic E-state index is 6.23. The molecule has 0 bridgehead atoms. The van der Waals surface area contributed by atoms with Crippen LogP contribution in [0.3, 0.4) is 0 Å². The van der Waals surface area contributed by atoms with Crippen molar-refractivity contribution >= 4 is 40.1 Å². The van der Waals surface area contributed by atoms with Gasteiger partial charge in [0.25, 0.3) is 7.05 Å². The van der Waals surface area contributed by atoms with Crippen LogP contribution in [0.25, 0.3) is 33.0 Å². The number of benzene rings is 3. The minimum atomic E-state index is -0.454. The maximum Gasteiger partial charge on any atom is 2.00 e. The molecule has 0 aliphatic carbocycles. The zero-order valence-electron chi connectivity index (χ0n) is 22.2. The van der Waals surface area contributed by atoms with Crippen LogP contribution in [0, 0.1) is 6.07 Å². The van der Waals surface area contributed by atoms with Crippen LogP contribution in [0.2, 0.25) is 0 Å². The van der Waals surface area contributed by atoms with Crippen LogP contribution in [0.4, 0.5) is 5.69 Å². The zero-order chi connectivity index (χ0) is 26.6. The summed E-state index contributed by atoms with van der Waals surface area (Å²) >= 11 is 0. The number of fused-ring (bicyclic) bond motifs is 4. The van der Waals surface area contributed by atoms with Crippen LogP contribution >= 0.6 is 0 Å². The first-order valence-electron chi connectivity index (χ1n) is 13.0. The molecule has 0 N–H and O–H groups in total. The summed E-state index contributed by atoms with van der Waals surface area (Å²) in [5, 5.41) is 6.82. The summed E-state index contributed by atoms with van der Waals surface area (Å²) in [7, 11) is -0.454. The molecule has 3 aromatic heterocycles. The van der Waals surface area contributed by atoms with Gasteiger partial charge in [-0.1, -0.05) is 57.2 Å². The molecule has 0 amide bonds. The largest absolute Gasteiger partial charge is 2.00 e. The fraction of sp³-hybridized carbons (Fsp3) is 0.125. The molecule has 0 radical (unpaired) electrons.